The van der Waals surface area contributed by atoms with Gasteiger partial charge in [-0.05, 0) is 60.8 Å². The predicted molar refractivity (Wildman–Crippen MR) is 119 cm³/mol. The minimum atomic E-state index is -4.60. The van der Waals surface area contributed by atoms with Gasteiger partial charge in [0.15, 0.2) is 5.11 Å². The van der Waals surface area contributed by atoms with E-state index >= 15 is 0 Å². The van der Waals surface area contributed by atoms with E-state index in [-0.39, 0.29) is 22.1 Å². The van der Waals surface area contributed by atoms with Crippen LogP contribution in [0.4, 0.5) is 18.9 Å². The zero-order chi connectivity index (χ0) is 23.0. The Hall–Kier alpha value is -3.24. The molecule has 1 aliphatic heterocycles. The SMILES string of the molecule is O=C1NC(=S)N(c2cccc(C(F)(F)F)c2)C(=O)/C1=C\c1ccc(-c2ccc(Br)cc2)o1. The van der Waals surface area contributed by atoms with Crippen LogP contribution in [0.3, 0.4) is 0 Å². The fourth-order valence-corrected chi connectivity index (χ4v) is 3.60. The molecule has 2 amide bonds. The van der Waals surface area contributed by atoms with Gasteiger partial charge in [-0.25, -0.2) is 0 Å². The molecule has 2 aromatic carbocycles. The molecule has 5 nitrogen and oxygen atoms in total. The van der Waals surface area contributed by atoms with Crippen LogP contribution >= 0.6 is 28.1 Å². The number of halogens is 4. The molecule has 0 unspecified atom stereocenters. The maximum Gasteiger partial charge on any atom is 0.416 e. The number of amides is 2. The Kier molecular flexibility index (Phi) is 5.74. The van der Waals surface area contributed by atoms with Crippen LogP contribution in [0, 0.1) is 0 Å². The molecular weight excluding hydrogens is 509 g/mol. The summed E-state index contributed by atoms with van der Waals surface area (Å²) in [6.45, 7) is 0. The third-order valence-corrected chi connectivity index (χ3v) is 5.39. The van der Waals surface area contributed by atoms with Crippen LogP contribution in [-0.2, 0) is 15.8 Å². The van der Waals surface area contributed by atoms with Crippen molar-refractivity contribution in [3.8, 4) is 11.3 Å². The number of nitrogens with one attached hydrogen (secondary N) is 1. The minimum Gasteiger partial charge on any atom is -0.457 e. The first kappa shape index (κ1) is 22.0. The van der Waals surface area contributed by atoms with E-state index < -0.39 is 23.6 Å². The molecule has 10 heteroatoms. The number of hydrogen-bond acceptors (Lipinski definition) is 4. The maximum atomic E-state index is 13.1. The molecule has 0 aliphatic carbocycles. The zero-order valence-corrected chi connectivity index (χ0v) is 18.3. The van der Waals surface area contributed by atoms with E-state index in [4.69, 9.17) is 16.6 Å². The fraction of sp³-hybridized carbons (Fsp3) is 0.0455. The van der Waals surface area contributed by atoms with Crippen molar-refractivity contribution in [3.63, 3.8) is 0 Å². The highest BCUT2D eigenvalue weighted by Crippen LogP contribution is 2.33. The summed E-state index contributed by atoms with van der Waals surface area (Å²) in [6.07, 6.45) is -3.38. The first-order chi connectivity index (χ1) is 15.1. The highest BCUT2D eigenvalue weighted by Gasteiger charge is 2.36. The van der Waals surface area contributed by atoms with Crippen LogP contribution in [0.2, 0.25) is 0 Å². The van der Waals surface area contributed by atoms with Gasteiger partial charge in [0.1, 0.15) is 17.1 Å². The number of nitrogens with zero attached hydrogens (tertiary/aromatic N) is 1. The summed E-state index contributed by atoms with van der Waals surface area (Å²) in [5.74, 6) is -0.902. The van der Waals surface area contributed by atoms with E-state index in [1.165, 1.54) is 12.1 Å². The highest BCUT2D eigenvalue weighted by molar-refractivity contribution is 9.10. The number of rotatable bonds is 3. The van der Waals surface area contributed by atoms with E-state index in [0.29, 0.717) is 5.76 Å². The number of carbonyl (C=O) groups is 2. The van der Waals surface area contributed by atoms with Crippen LogP contribution in [0.15, 0.2) is 75.1 Å². The first-order valence-electron chi connectivity index (χ1n) is 9.08. The maximum absolute atomic E-state index is 13.1. The van der Waals surface area contributed by atoms with Gasteiger partial charge in [0.2, 0.25) is 0 Å². The van der Waals surface area contributed by atoms with Gasteiger partial charge < -0.3 is 4.42 Å². The van der Waals surface area contributed by atoms with Gasteiger partial charge in [0.25, 0.3) is 11.8 Å². The molecular formula is C22H12BrF3N2O3S. The van der Waals surface area contributed by atoms with Crippen LogP contribution < -0.4 is 10.2 Å². The van der Waals surface area contributed by atoms with Gasteiger partial charge in [-0.15, -0.1) is 0 Å². The van der Waals surface area contributed by atoms with Crippen molar-refractivity contribution in [3.05, 3.63) is 82.0 Å². The summed E-state index contributed by atoms with van der Waals surface area (Å²) in [7, 11) is 0. The molecule has 0 spiro atoms. The van der Waals surface area contributed by atoms with Crippen LogP contribution in [-0.4, -0.2) is 16.9 Å². The summed E-state index contributed by atoms with van der Waals surface area (Å²) in [6, 6.07) is 14.7. The van der Waals surface area contributed by atoms with E-state index in [1.54, 1.807) is 12.1 Å². The van der Waals surface area contributed by atoms with Gasteiger partial charge in [-0.1, -0.05) is 34.1 Å². The second-order valence-corrected chi connectivity index (χ2v) is 8.02. The molecule has 1 saturated heterocycles. The number of hydrogen-bond donors (Lipinski definition) is 1. The number of benzene rings is 2. The van der Waals surface area contributed by atoms with Crippen molar-refractivity contribution in [2.75, 3.05) is 4.90 Å². The molecule has 1 aromatic heterocycles. The molecule has 0 radical (unpaired) electrons. The zero-order valence-electron chi connectivity index (χ0n) is 15.9. The summed E-state index contributed by atoms with van der Waals surface area (Å²) < 4.78 is 45.9. The highest BCUT2D eigenvalue weighted by atomic mass is 79.9. The smallest absolute Gasteiger partial charge is 0.416 e. The monoisotopic (exact) mass is 520 g/mol. The number of anilines is 1. The quantitative estimate of drug-likeness (QED) is 0.279. The number of thiocarbonyl (C=S) groups is 1. The van der Waals surface area contributed by atoms with E-state index in [2.05, 4.69) is 21.2 Å². The molecule has 0 bridgehead atoms. The van der Waals surface area contributed by atoms with Crippen molar-refractivity contribution in [2.24, 2.45) is 0 Å². The van der Waals surface area contributed by atoms with Crippen molar-refractivity contribution in [2.45, 2.75) is 6.18 Å². The average molecular weight is 521 g/mol. The second kappa shape index (κ2) is 8.36. The molecule has 0 atom stereocenters. The summed E-state index contributed by atoms with van der Waals surface area (Å²) in [4.78, 5) is 26.2. The summed E-state index contributed by atoms with van der Waals surface area (Å²) in [5, 5.41) is 2.02. The van der Waals surface area contributed by atoms with Crippen LogP contribution in [0.1, 0.15) is 11.3 Å². The number of furan rings is 1. The lowest BCUT2D eigenvalue weighted by atomic mass is 10.1. The fourth-order valence-electron chi connectivity index (χ4n) is 3.06. The van der Waals surface area contributed by atoms with Gasteiger partial charge >= 0.3 is 6.18 Å². The lowest BCUT2D eigenvalue weighted by Crippen LogP contribution is -2.54. The molecule has 162 valence electrons. The van der Waals surface area contributed by atoms with Gasteiger partial charge in [-0.2, -0.15) is 13.2 Å². The molecule has 1 aliphatic rings. The molecule has 1 fully saturated rings. The van der Waals surface area contributed by atoms with E-state index in [0.717, 1.165) is 33.1 Å². The molecule has 32 heavy (non-hydrogen) atoms. The minimum absolute atomic E-state index is 0.115. The van der Waals surface area contributed by atoms with Crippen molar-refractivity contribution in [1.82, 2.24) is 5.32 Å². The van der Waals surface area contributed by atoms with E-state index in [1.807, 2.05) is 24.3 Å². The van der Waals surface area contributed by atoms with Crippen molar-refractivity contribution < 1.29 is 27.2 Å². The van der Waals surface area contributed by atoms with Gasteiger partial charge in [-0.3, -0.25) is 19.8 Å². The Morgan fingerprint density at radius 3 is 2.44 bits per heavy atom. The second-order valence-electron chi connectivity index (χ2n) is 6.71. The number of carbonyl (C=O) groups excluding carboxylic acids is 2. The van der Waals surface area contributed by atoms with Crippen molar-refractivity contribution in [1.29, 1.82) is 0 Å². The Labute approximate surface area is 193 Å². The summed E-state index contributed by atoms with van der Waals surface area (Å²) in [5.41, 5.74) is -0.606. The lowest BCUT2D eigenvalue weighted by Gasteiger charge is -2.29. The van der Waals surface area contributed by atoms with E-state index in [9.17, 15) is 22.8 Å². The Bertz CT molecular complexity index is 1270. The summed E-state index contributed by atoms with van der Waals surface area (Å²) >= 11 is 8.38. The van der Waals surface area contributed by atoms with Crippen LogP contribution in [0.25, 0.3) is 17.4 Å². The van der Waals surface area contributed by atoms with Crippen molar-refractivity contribution >= 4 is 56.8 Å². The number of alkyl halides is 3. The predicted octanol–water partition coefficient (Wildman–Crippen LogP) is 5.56. The third kappa shape index (κ3) is 4.37. The largest absolute Gasteiger partial charge is 0.457 e. The van der Waals surface area contributed by atoms with Gasteiger partial charge in [0, 0.05) is 10.0 Å². The molecule has 4 rings (SSSR count). The molecule has 2 heterocycles. The molecule has 0 saturated carbocycles. The first-order valence-corrected chi connectivity index (χ1v) is 10.3. The Balaban J connectivity index is 1.67. The lowest BCUT2D eigenvalue weighted by molar-refractivity contribution is -0.137. The standard InChI is InChI=1S/C22H12BrF3N2O3S/c23-14-6-4-12(5-7-14)18-9-8-16(31-18)11-17-19(29)27-21(32)28(20(17)30)15-3-1-2-13(10-15)22(24,25)26/h1-11H,(H,27,29,32)/b17-11-. The molecule has 3 aromatic rings. The van der Waals surface area contributed by atoms with Gasteiger partial charge in [0.05, 0.1) is 11.3 Å². The molecule has 1 N–H and O–H groups in total. The Morgan fingerprint density at radius 1 is 1.03 bits per heavy atom. The Morgan fingerprint density at radius 2 is 1.75 bits per heavy atom. The van der Waals surface area contributed by atoms with Crippen LogP contribution in [0.5, 0.6) is 0 Å². The normalized spacial score (nSPS) is 15.9. The average Bonchev–Trinajstić information content (AvgIpc) is 3.20. The third-order valence-electron chi connectivity index (χ3n) is 4.58. The topological polar surface area (TPSA) is 62.6 Å².